The molecule has 0 amide bonds. The summed E-state index contributed by atoms with van der Waals surface area (Å²) in [6.07, 6.45) is 0. The van der Waals surface area contributed by atoms with Gasteiger partial charge in [0.05, 0.1) is 16.9 Å². The molecule has 0 fully saturated rings. The van der Waals surface area contributed by atoms with Gasteiger partial charge in [-0.15, -0.1) is 10.2 Å². The molecule has 0 aliphatic rings. The third kappa shape index (κ3) is 3.57. The van der Waals surface area contributed by atoms with Gasteiger partial charge in [-0.1, -0.05) is 15.9 Å². The molecule has 3 rings (SSSR count). The van der Waals surface area contributed by atoms with E-state index in [1.54, 1.807) is 43.5 Å². The minimum Gasteiger partial charge on any atom is -0.497 e. The van der Waals surface area contributed by atoms with E-state index in [4.69, 9.17) is 9.15 Å². The monoisotopic (exact) mass is 407 g/mol. The maximum atomic E-state index is 11.1. The van der Waals surface area contributed by atoms with E-state index in [-0.39, 0.29) is 10.9 Å². The maximum Gasteiger partial charge on any atom is 0.284 e. The van der Waals surface area contributed by atoms with E-state index in [9.17, 15) is 10.1 Å². The lowest BCUT2D eigenvalue weighted by Gasteiger charge is -2.00. The Hall–Kier alpha value is -2.39. The molecular formula is C15H10BrN3O4S. The van der Waals surface area contributed by atoms with Gasteiger partial charge in [-0.25, -0.2) is 0 Å². The van der Waals surface area contributed by atoms with Gasteiger partial charge in [0.2, 0.25) is 5.89 Å². The zero-order chi connectivity index (χ0) is 17.1. The van der Waals surface area contributed by atoms with Gasteiger partial charge in [0, 0.05) is 16.1 Å². The molecule has 0 spiro atoms. The number of benzene rings is 2. The number of methoxy groups -OCH3 is 1. The Bertz CT molecular complexity index is 883. The molecule has 9 heteroatoms. The van der Waals surface area contributed by atoms with Crippen LogP contribution in [0.1, 0.15) is 0 Å². The third-order valence-corrected chi connectivity index (χ3v) is 4.46. The van der Waals surface area contributed by atoms with Gasteiger partial charge in [0.1, 0.15) is 5.75 Å². The summed E-state index contributed by atoms with van der Waals surface area (Å²) < 4.78 is 11.3. The van der Waals surface area contributed by atoms with E-state index in [2.05, 4.69) is 26.1 Å². The van der Waals surface area contributed by atoms with Crippen LogP contribution in [-0.4, -0.2) is 22.2 Å². The largest absolute Gasteiger partial charge is 0.497 e. The van der Waals surface area contributed by atoms with E-state index in [0.717, 1.165) is 23.1 Å². The summed E-state index contributed by atoms with van der Waals surface area (Å²) in [5, 5.41) is 19.3. The van der Waals surface area contributed by atoms with Gasteiger partial charge >= 0.3 is 0 Å². The van der Waals surface area contributed by atoms with Crippen LogP contribution < -0.4 is 4.74 Å². The van der Waals surface area contributed by atoms with E-state index < -0.39 is 4.92 Å². The molecule has 0 saturated heterocycles. The van der Waals surface area contributed by atoms with Crippen molar-refractivity contribution >= 4 is 33.4 Å². The number of ether oxygens (including phenoxy) is 1. The second kappa shape index (κ2) is 7.02. The fourth-order valence-corrected chi connectivity index (χ4v) is 3.03. The van der Waals surface area contributed by atoms with Crippen LogP contribution in [-0.2, 0) is 0 Å². The van der Waals surface area contributed by atoms with Crippen LogP contribution in [0.5, 0.6) is 5.75 Å². The first kappa shape index (κ1) is 16.5. The van der Waals surface area contributed by atoms with E-state index in [1.807, 2.05) is 0 Å². The highest BCUT2D eigenvalue weighted by atomic mass is 79.9. The molecule has 0 atom stereocenters. The number of nitro groups is 1. The standard InChI is InChI=1S/C15H10BrN3O4S/c1-22-11-5-2-9(3-6-11)14-17-18-15(23-14)24-13-7-4-10(16)8-12(13)19(20)21/h2-8H,1H3. The lowest BCUT2D eigenvalue weighted by atomic mass is 10.2. The summed E-state index contributed by atoms with van der Waals surface area (Å²) in [5.41, 5.74) is 0.707. The van der Waals surface area contributed by atoms with Gasteiger partial charge in [0.15, 0.2) is 0 Å². The zero-order valence-corrected chi connectivity index (χ0v) is 14.7. The molecule has 1 heterocycles. The molecule has 122 valence electrons. The normalized spacial score (nSPS) is 10.6. The highest BCUT2D eigenvalue weighted by Gasteiger charge is 2.18. The number of rotatable bonds is 5. The van der Waals surface area contributed by atoms with E-state index in [1.165, 1.54) is 6.07 Å². The van der Waals surface area contributed by atoms with Crippen molar-refractivity contribution in [3.63, 3.8) is 0 Å². The first-order chi connectivity index (χ1) is 11.6. The van der Waals surface area contributed by atoms with E-state index >= 15 is 0 Å². The van der Waals surface area contributed by atoms with Crippen molar-refractivity contribution in [2.75, 3.05) is 7.11 Å². The van der Waals surface area contributed by atoms with Crippen LogP contribution in [0.3, 0.4) is 0 Å². The van der Waals surface area contributed by atoms with Crippen LogP contribution in [0.15, 0.2) is 61.5 Å². The minimum atomic E-state index is -0.451. The molecular weight excluding hydrogens is 398 g/mol. The van der Waals surface area contributed by atoms with Crippen molar-refractivity contribution in [3.05, 3.63) is 57.1 Å². The predicted molar refractivity (Wildman–Crippen MR) is 91.2 cm³/mol. The molecule has 0 bridgehead atoms. The van der Waals surface area contributed by atoms with Gasteiger partial charge in [0.25, 0.3) is 10.9 Å². The zero-order valence-electron chi connectivity index (χ0n) is 12.3. The summed E-state index contributed by atoms with van der Waals surface area (Å²) in [6.45, 7) is 0. The fraction of sp³-hybridized carbons (Fsp3) is 0.0667. The van der Waals surface area contributed by atoms with Gasteiger partial charge < -0.3 is 9.15 Å². The molecule has 0 unspecified atom stereocenters. The Balaban J connectivity index is 1.85. The minimum absolute atomic E-state index is 0.0291. The van der Waals surface area contributed by atoms with Crippen molar-refractivity contribution in [2.24, 2.45) is 0 Å². The SMILES string of the molecule is COc1ccc(-c2nnc(Sc3ccc(Br)cc3[N+](=O)[O-])o2)cc1. The Morgan fingerprint density at radius 1 is 1.21 bits per heavy atom. The number of aromatic nitrogens is 2. The quantitative estimate of drug-likeness (QED) is 0.451. The molecule has 24 heavy (non-hydrogen) atoms. The number of halogens is 1. The average Bonchev–Trinajstić information content (AvgIpc) is 3.05. The van der Waals surface area contributed by atoms with Crippen molar-refractivity contribution < 1.29 is 14.1 Å². The summed E-state index contributed by atoms with van der Waals surface area (Å²) in [4.78, 5) is 11.1. The summed E-state index contributed by atoms with van der Waals surface area (Å²) >= 11 is 4.27. The third-order valence-electron chi connectivity index (χ3n) is 3.06. The highest BCUT2D eigenvalue weighted by Crippen LogP contribution is 2.36. The van der Waals surface area contributed by atoms with Crippen LogP contribution in [0.4, 0.5) is 5.69 Å². The van der Waals surface area contributed by atoms with Crippen molar-refractivity contribution in [3.8, 4) is 17.2 Å². The van der Waals surface area contributed by atoms with Crippen LogP contribution in [0, 0.1) is 10.1 Å². The molecule has 0 radical (unpaired) electrons. The predicted octanol–water partition coefficient (Wildman–Crippen LogP) is 4.57. The van der Waals surface area contributed by atoms with Crippen molar-refractivity contribution in [1.82, 2.24) is 10.2 Å². The lowest BCUT2D eigenvalue weighted by Crippen LogP contribution is -1.90. The molecule has 3 aromatic rings. The molecule has 1 aromatic heterocycles. The van der Waals surface area contributed by atoms with Crippen LogP contribution >= 0.6 is 27.7 Å². The van der Waals surface area contributed by atoms with Gasteiger partial charge in [-0.2, -0.15) is 0 Å². The summed E-state index contributed by atoms with van der Waals surface area (Å²) in [6, 6.07) is 11.9. The summed E-state index contributed by atoms with van der Waals surface area (Å²) in [5.74, 6) is 1.05. The molecule has 0 aliphatic carbocycles. The van der Waals surface area contributed by atoms with Gasteiger partial charge in [-0.3, -0.25) is 10.1 Å². The number of hydrogen-bond acceptors (Lipinski definition) is 7. The Morgan fingerprint density at radius 3 is 2.62 bits per heavy atom. The van der Waals surface area contributed by atoms with Crippen LogP contribution in [0.2, 0.25) is 0 Å². The fourth-order valence-electron chi connectivity index (χ4n) is 1.91. The Labute approximate surface area is 149 Å². The smallest absolute Gasteiger partial charge is 0.284 e. The number of nitro benzene ring substituents is 1. The average molecular weight is 408 g/mol. The summed E-state index contributed by atoms with van der Waals surface area (Å²) in [7, 11) is 1.58. The molecule has 7 nitrogen and oxygen atoms in total. The topological polar surface area (TPSA) is 91.3 Å². The van der Waals surface area contributed by atoms with Crippen LogP contribution in [0.25, 0.3) is 11.5 Å². The molecule has 0 saturated carbocycles. The Morgan fingerprint density at radius 2 is 1.96 bits per heavy atom. The first-order valence-corrected chi connectivity index (χ1v) is 8.27. The van der Waals surface area contributed by atoms with Gasteiger partial charge in [-0.05, 0) is 48.2 Å². The highest BCUT2D eigenvalue weighted by molar-refractivity contribution is 9.10. The maximum absolute atomic E-state index is 11.1. The molecule has 0 aliphatic heterocycles. The first-order valence-electron chi connectivity index (χ1n) is 6.66. The Kier molecular flexibility index (Phi) is 4.81. The van der Waals surface area contributed by atoms with E-state index in [0.29, 0.717) is 15.3 Å². The van der Waals surface area contributed by atoms with Crippen molar-refractivity contribution in [2.45, 2.75) is 10.1 Å². The number of nitrogens with zero attached hydrogens (tertiary/aromatic N) is 3. The number of hydrogen-bond donors (Lipinski definition) is 0. The second-order valence-corrected chi connectivity index (χ2v) is 6.48. The molecule has 2 aromatic carbocycles. The second-order valence-electron chi connectivity index (χ2n) is 4.57. The lowest BCUT2D eigenvalue weighted by molar-refractivity contribution is -0.387. The molecule has 0 N–H and O–H groups in total. The van der Waals surface area contributed by atoms with Crippen molar-refractivity contribution in [1.29, 1.82) is 0 Å².